The molecule has 0 heterocycles. The lowest BCUT2D eigenvalue weighted by atomic mass is 10.1. The van der Waals surface area contributed by atoms with Crippen molar-refractivity contribution in [1.29, 1.82) is 0 Å². The zero-order valence-electron chi connectivity index (χ0n) is 33.4. The number of hydrogen-bond acceptors (Lipinski definition) is 7. The number of rotatable bonds is 39. The normalized spacial score (nSPS) is 11.9. The van der Waals surface area contributed by atoms with E-state index in [1.807, 2.05) is 12.2 Å². The van der Waals surface area contributed by atoms with Crippen molar-refractivity contribution in [1.82, 2.24) is 4.90 Å². The molecule has 294 valence electrons. The number of nitrogens with zero attached hydrogens (tertiary/aromatic N) is 1. The van der Waals surface area contributed by atoms with E-state index in [2.05, 4.69) is 45.0 Å². The van der Waals surface area contributed by atoms with Crippen molar-refractivity contribution in [3.8, 4) is 0 Å². The van der Waals surface area contributed by atoms with Crippen molar-refractivity contribution in [3.63, 3.8) is 0 Å². The number of carbonyl (C=O) groups excluding carboxylic acids is 2. The molecule has 0 atom stereocenters. The minimum Gasteiger partial charge on any atom is -0.461 e. The number of esters is 2. The van der Waals surface area contributed by atoms with E-state index in [1.54, 1.807) is 0 Å². The minimum atomic E-state index is -0.110. The Balaban J connectivity index is 3.86. The average Bonchev–Trinajstić information content (AvgIpc) is 3.10. The lowest BCUT2D eigenvalue weighted by molar-refractivity contribution is -0.148. The number of allylic oxidation sites excluding steroid dienone is 2. The van der Waals surface area contributed by atoms with Crippen molar-refractivity contribution >= 4 is 11.9 Å². The summed E-state index contributed by atoms with van der Waals surface area (Å²) in [6.07, 6.45) is 37.7. The Hall–Kier alpha value is -1.70. The van der Waals surface area contributed by atoms with Crippen LogP contribution in [-0.2, 0) is 28.5 Å². The van der Waals surface area contributed by atoms with Gasteiger partial charge < -0.3 is 23.8 Å². The van der Waals surface area contributed by atoms with Crippen molar-refractivity contribution in [2.45, 2.75) is 193 Å². The second-order valence-electron chi connectivity index (χ2n) is 14.2. The SMILES string of the molecule is CCCCCC/C=C\COC(=O)CCCCCCCCOC(CCCCN(C)C)OCCCCCCCCC(=O)OC/C=C\CCCCCC. The fourth-order valence-corrected chi connectivity index (χ4v) is 5.72. The van der Waals surface area contributed by atoms with E-state index < -0.39 is 0 Å². The maximum absolute atomic E-state index is 11.9. The maximum atomic E-state index is 11.9. The first-order chi connectivity index (χ1) is 24.5. The molecule has 0 amide bonds. The largest absolute Gasteiger partial charge is 0.461 e. The van der Waals surface area contributed by atoms with Crippen LogP contribution in [-0.4, -0.2) is 70.2 Å². The van der Waals surface area contributed by atoms with Crippen LogP contribution in [0.4, 0.5) is 0 Å². The highest BCUT2D eigenvalue weighted by molar-refractivity contribution is 5.69. The molecule has 0 bridgehead atoms. The van der Waals surface area contributed by atoms with Gasteiger partial charge in [-0.15, -0.1) is 0 Å². The molecule has 50 heavy (non-hydrogen) atoms. The topological polar surface area (TPSA) is 74.3 Å². The Bertz CT molecular complexity index is 727. The summed E-state index contributed by atoms with van der Waals surface area (Å²) in [4.78, 5) is 26.1. The highest BCUT2D eigenvalue weighted by Gasteiger charge is 2.10. The first-order valence-electron chi connectivity index (χ1n) is 21.0. The molecular formula is C43H81NO6. The van der Waals surface area contributed by atoms with E-state index in [4.69, 9.17) is 18.9 Å². The van der Waals surface area contributed by atoms with Crippen LogP contribution in [0.25, 0.3) is 0 Å². The monoisotopic (exact) mass is 708 g/mol. The van der Waals surface area contributed by atoms with Crippen LogP contribution in [0, 0.1) is 0 Å². The molecule has 0 rings (SSSR count). The van der Waals surface area contributed by atoms with Crippen LogP contribution in [0.15, 0.2) is 24.3 Å². The molecule has 0 aromatic heterocycles. The Kier molecular flexibility index (Phi) is 38.7. The van der Waals surface area contributed by atoms with Gasteiger partial charge in [-0.1, -0.05) is 128 Å². The molecule has 0 saturated heterocycles. The highest BCUT2D eigenvalue weighted by Crippen LogP contribution is 2.14. The van der Waals surface area contributed by atoms with Crippen LogP contribution in [0.5, 0.6) is 0 Å². The van der Waals surface area contributed by atoms with Gasteiger partial charge in [0.1, 0.15) is 13.2 Å². The first-order valence-corrected chi connectivity index (χ1v) is 21.0. The third-order valence-electron chi connectivity index (χ3n) is 8.92. The zero-order chi connectivity index (χ0) is 36.6. The van der Waals surface area contributed by atoms with Crippen molar-refractivity contribution < 1.29 is 28.5 Å². The van der Waals surface area contributed by atoms with E-state index >= 15 is 0 Å². The summed E-state index contributed by atoms with van der Waals surface area (Å²) in [6.45, 7) is 7.84. The van der Waals surface area contributed by atoms with Gasteiger partial charge in [0.15, 0.2) is 6.29 Å². The molecule has 0 saturated carbocycles. The van der Waals surface area contributed by atoms with Crippen LogP contribution in [0.2, 0.25) is 0 Å². The number of carbonyl (C=O) groups is 2. The molecule has 0 unspecified atom stereocenters. The summed E-state index contributed by atoms with van der Waals surface area (Å²) in [5, 5.41) is 0. The van der Waals surface area contributed by atoms with Crippen LogP contribution >= 0.6 is 0 Å². The van der Waals surface area contributed by atoms with Gasteiger partial charge in [0.05, 0.1) is 0 Å². The molecule has 0 aliphatic rings. The van der Waals surface area contributed by atoms with Crippen molar-refractivity contribution in [2.75, 3.05) is 47.1 Å². The fourth-order valence-electron chi connectivity index (χ4n) is 5.72. The number of ether oxygens (including phenoxy) is 4. The van der Waals surface area contributed by atoms with Crippen molar-refractivity contribution in [3.05, 3.63) is 24.3 Å². The lowest BCUT2D eigenvalue weighted by Gasteiger charge is -2.19. The first kappa shape index (κ1) is 48.3. The van der Waals surface area contributed by atoms with Crippen LogP contribution in [0.1, 0.15) is 187 Å². The highest BCUT2D eigenvalue weighted by atomic mass is 16.7. The van der Waals surface area contributed by atoms with E-state index in [0.717, 1.165) is 116 Å². The van der Waals surface area contributed by atoms with E-state index in [0.29, 0.717) is 26.1 Å². The molecular weight excluding hydrogens is 626 g/mol. The van der Waals surface area contributed by atoms with E-state index in [9.17, 15) is 9.59 Å². The van der Waals surface area contributed by atoms with Gasteiger partial charge in [-0.25, -0.2) is 0 Å². The van der Waals surface area contributed by atoms with Gasteiger partial charge in [0.2, 0.25) is 0 Å². The summed E-state index contributed by atoms with van der Waals surface area (Å²) in [5.41, 5.74) is 0. The standard InChI is InChI=1S/C43H81NO6/c1-5-7-9-11-15-21-29-37-47-41(45)33-25-19-13-17-23-31-39-49-43(35-27-28-36-44(3)4)50-40-32-24-18-14-20-26-34-42(46)48-38-30-22-16-12-10-8-6-2/h21-22,29-30,43H,5-20,23-28,31-40H2,1-4H3/b29-21-,30-22-. The van der Waals surface area contributed by atoms with Gasteiger partial charge in [0.25, 0.3) is 0 Å². The van der Waals surface area contributed by atoms with Gasteiger partial charge in [-0.05, 0) is 91.3 Å². The van der Waals surface area contributed by atoms with Gasteiger partial charge in [-0.2, -0.15) is 0 Å². The molecule has 7 heteroatoms. The molecule has 0 aromatic carbocycles. The minimum absolute atomic E-state index is 0.0769. The third-order valence-corrected chi connectivity index (χ3v) is 8.92. The zero-order valence-corrected chi connectivity index (χ0v) is 33.4. The van der Waals surface area contributed by atoms with Crippen LogP contribution < -0.4 is 0 Å². The van der Waals surface area contributed by atoms with E-state index in [-0.39, 0.29) is 18.2 Å². The number of unbranched alkanes of at least 4 members (excludes halogenated alkanes) is 19. The second kappa shape index (κ2) is 40.1. The predicted molar refractivity (Wildman–Crippen MR) is 210 cm³/mol. The third kappa shape index (κ3) is 39.1. The average molecular weight is 708 g/mol. The number of hydrogen-bond donors (Lipinski definition) is 0. The van der Waals surface area contributed by atoms with Gasteiger partial charge >= 0.3 is 11.9 Å². The molecule has 0 aliphatic heterocycles. The fraction of sp³-hybridized carbons (Fsp3) is 0.860. The molecule has 0 N–H and O–H groups in total. The quantitative estimate of drug-likeness (QED) is 0.0272. The Morgan fingerprint density at radius 2 is 0.920 bits per heavy atom. The Labute approximate surface area is 309 Å². The Morgan fingerprint density at radius 3 is 1.36 bits per heavy atom. The maximum Gasteiger partial charge on any atom is 0.306 e. The predicted octanol–water partition coefficient (Wildman–Crippen LogP) is 11.7. The summed E-state index contributed by atoms with van der Waals surface area (Å²) in [6, 6.07) is 0. The molecule has 7 nitrogen and oxygen atoms in total. The Morgan fingerprint density at radius 1 is 0.500 bits per heavy atom. The van der Waals surface area contributed by atoms with Crippen LogP contribution in [0.3, 0.4) is 0 Å². The summed E-state index contributed by atoms with van der Waals surface area (Å²) >= 11 is 0. The second-order valence-corrected chi connectivity index (χ2v) is 14.2. The molecule has 0 fully saturated rings. The van der Waals surface area contributed by atoms with Crippen molar-refractivity contribution in [2.24, 2.45) is 0 Å². The molecule has 0 aliphatic carbocycles. The smallest absolute Gasteiger partial charge is 0.306 e. The summed E-state index contributed by atoms with van der Waals surface area (Å²) in [7, 11) is 4.24. The lowest BCUT2D eigenvalue weighted by Crippen LogP contribution is -2.20. The molecule has 0 aromatic rings. The summed E-state index contributed by atoms with van der Waals surface area (Å²) < 4.78 is 23.0. The molecule has 0 spiro atoms. The van der Waals surface area contributed by atoms with Gasteiger partial charge in [0, 0.05) is 26.1 Å². The summed E-state index contributed by atoms with van der Waals surface area (Å²) in [5.74, 6) is -0.154. The van der Waals surface area contributed by atoms with E-state index in [1.165, 1.54) is 64.2 Å². The van der Waals surface area contributed by atoms with Gasteiger partial charge in [-0.3, -0.25) is 9.59 Å². The molecule has 0 radical (unpaired) electrons.